The van der Waals surface area contributed by atoms with Gasteiger partial charge < -0.3 is 15.7 Å². The van der Waals surface area contributed by atoms with Crippen LogP contribution in [0, 0.1) is 12.8 Å². The lowest BCUT2D eigenvalue weighted by molar-refractivity contribution is -0.141. The molecular formula is C16H19N3O2. The van der Waals surface area contributed by atoms with Crippen LogP contribution in [0.2, 0.25) is 0 Å². The molecule has 5 heteroatoms. The summed E-state index contributed by atoms with van der Waals surface area (Å²) in [7, 11) is 0. The molecule has 1 fully saturated rings. The molecule has 5 nitrogen and oxygen atoms in total. The van der Waals surface area contributed by atoms with E-state index in [4.69, 9.17) is 5.73 Å². The van der Waals surface area contributed by atoms with Crippen LogP contribution in [0.15, 0.2) is 24.3 Å². The summed E-state index contributed by atoms with van der Waals surface area (Å²) in [6.45, 7) is 3.29. The first-order chi connectivity index (χ1) is 10.1. The summed E-state index contributed by atoms with van der Waals surface area (Å²) in [4.78, 5) is 18.0. The van der Waals surface area contributed by atoms with Gasteiger partial charge >= 0.3 is 5.97 Å². The number of nitrogens with two attached hydrogens (primary N) is 1. The highest BCUT2D eigenvalue weighted by Crippen LogP contribution is 2.31. The number of aliphatic carboxylic acids is 1. The molecule has 1 saturated heterocycles. The number of aromatic nitrogens is 1. The molecule has 1 aromatic heterocycles. The second kappa shape index (κ2) is 5.24. The Kier molecular flexibility index (Phi) is 3.41. The fourth-order valence-electron chi connectivity index (χ4n) is 3.02. The minimum Gasteiger partial charge on any atom is -0.481 e. The lowest BCUT2D eigenvalue weighted by Crippen LogP contribution is -2.39. The lowest BCUT2D eigenvalue weighted by Gasteiger charge is -2.32. The molecule has 3 N–H and O–H groups in total. The standard InChI is InChI=1S/C16H19N3O2/c1-10-8-13-12(5-2-6-14(13)17)15(18-10)19-7-3-4-11(9-19)16(20)21/h2,5-6,8,11H,3-4,7,9,17H2,1H3,(H,20,21). The molecule has 1 aliphatic heterocycles. The van der Waals surface area contributed by atoms with Crippen molar-refractivity contribution in [2.75, 3.05) is 23.7 Å². The van der Waals surface area contributed by atoms with E-state index in [1.807, 2.05) is 31.2 Å². The van der Waals surface area contributed by atoms with Crippen molar-refractivity contribution >= 4 is 28.2 Å². The van der Waals surface area contributed by atoms with Gasteiger partial charge in [-0.1, -0.05) is 12.1 Å². The Morgan fingerprint density at radius 2 is 2.24 bits per heavy atom. The smallest absolute Gasteiger partial charge is 0.308 e. The highest BCUT2D eigenvalue weighted by Gasteiger charge is 2.27. The lowest BCUT2D eigenvalue weighted by atomic mass is 9.97. The van der Waals surface area contributed by atoms with E-state index in [0.717, 1.165) is 47.4 Å². The molecule has 1 unspecified atom stereocenters. The van der Waals surface area contributed by atoms with Gasteiger partial charge in [0, 0.05) is 35.2 Å². The van der Waals surface area contributed by atoms with Crippen LogP contribution in [-0.2, 0) is 4.79 Å². The van der Waals surface area contributed by atoms with E-state index < -0.39 is 5.97 Å². The number of pyridine rings is 1. The summed E-state index contributed by atoms with van der Waals surface area (Å²) in [6, 6.07) is 7.77. The molecule has 3 rings (SSSR count). The third-order valence-corrected chi connectivity index (χ3v) is 4.09. The van der Waals surface area contributed by atoms with Gasteiger partial charge in [-0.2, -0.15) is 0 Å². The average Bonchev–Trinajstić information content (AvgIpc) is 2.47. The third-order valence-electron chi connectivity index (χ3n) is 4.09. The number of rotatable bonds is 2. The maximum absolute atomic E-state index is 11.2. The van der Waals surface area contributed by atoms with Gasteiger partial charge in [-0.3, -0.25) is 4.79 Å². The van der Waals surface area contributed by atoms with Crippen molar-refractivity contribution < 1.29 is 9.90 Å². The van der Waals surface area contributed by atoms with Crippen LogP contribution < -0.4 is 10.6 Å². The van der Waals surface area contributed by atoms with E-state index in [1.54, 1.807) is 0 Å². The number of carbonyl (C=O) groups is 1. The molecule has 2 aromatic rings. The van der Waals surface area contributed by atoms with Crippen molar-refractivity contribution in [1.29, 1.82) is 0 Å². The topological polar surface area (TPSA) is 79.5 Å². The molecule has 110 valence electrons. The zero-order valence-corrected chi connectivity index (χ0v) is 12.0. The molecule has 0 radical (unpaired) electrons. The van der Waals surface area contributed by atoms with E-state index >= 15 is 0 Å². The van der Waals surface area contributed by atoms with Crippen molar-refractivity contribution in [2.24, 2.45) is 5.92 Å². The van der Waals surface area contributed by atoms with Gasteiger partial charge in [0.15, 0.2) is 0 Å². The normalized spacial score (nSPS) is 18.9. The number of nitrogen functional groups attached to an aromatic ring is 1. The summed E-state index contributed by atoms with van der Waals surface area (Å²) in [5.41, 5.74) is 7.68. The van der Waals surface area contributed by atoms with Crippen LogP contribution in [0.25, 0.3) is 10.8 Å². The SMILES string of the molecule is Cc1cc2c(N)cccc2c(N2CCCC(C(=O)O)C2)n1. The first kappa shape index (κ1) is 13.7. The van der Waals surface area contributed by atoms with Gasteiger partial charge in [0.05, 0.1) is 5.92 Å². The Morgan fingerprint density at radius 1 is 1.43 bits per heavy atom. The first-order valence-corrected chi connectivity index (χ1v) is 7.20. The van der Waals surface area contributed by atoms with Crippen LogP contribution in [-0.4, -0.2) is 29.1 Å². The second-order valence-corrected chi connectivity index (χ2v) is 5.65. The van der Waals surface area contributed by atoms with Gasteiger partial charge in [0.1, 0.15) is 5.82 Å². The molecule has 1 atom stereocenters. The Bertz CT molecular complexity index is 699. The average molecular weight is 285 g/mol. The number of nitrogens with zero attached hydrogens (tertiary/aromatic N) is 2. The first-order valence-electron chi connectivity index (χ1n) is 7.20. The molecule has 1 aromatic carbocycles. The van der Waals surface area contributed by atoms with Crippen LogP contribution in [0.5, 0.6) is 0 Å². The monoisotopic (exact) mass is 285 g/mol. The predicted octanol–water partition coefficient (Wildman–Crippen LogP) is 2.43. The summed E-state index contributed by atoms with van der Waals surface area (Å²) < 4.78 is 0. The highest BCUT2D eigenvalue weighted by molar-refractivity contribution is 5.99. The fourth-order valence-corrected chi connectivity index (χ4v) is 3.02. The Balaban J connectivity index is 2.07. The molecule has 0 spiro atoms. The summed E-state index contributed by atoms with van der Waals surface area (Å²) >= 11 is 0. The number of carboxylic acids is 1. The molecule has 0 saturated carbocycles. The number of carboxylic acid groups (broad SMARTS) is 1. The Labute approximate surface area is 123 Å². The quantitative estimate of drug-likeness (QED) is 0.828. The van der Waals surface area contributed by atoms with Crippen LogP contribution in [0.4, 0.5) is 11.5 Å². The third kappa shape index (κ3) is 2.51. The van der Waals surface area contributed by atoms with Crippen molar-refractivity contribution in [1.82, 2.24) is 4.98 Å². The van der Waals surface area contributed by atoms with E-state index in [2.05, 4.69) is 9.88 Å². The van der Waals surface area contributed by atoms with Gasteiger partial charge in [-0.15, -0.1) is 0 Å². The van der Waals surface area contributed by atoms with E-state index in [1.165, 1.54) is 0 Å². The maximum atomic E-state index is 11.2. The predicted molar refractivity (Wildman–Crippen MR) is 83.5 cm³/mol. The van der Waals surface area contributed by atoms with Crippen LogP contribution in [0.3, 0.4) is 0 Å². The minimum atomic E-state index is -0.726. The summed E-state index contributed by atoms with van der Waals surface area (Å²) in [6.07, 6.45) is 1.61. The Hall–Kier alpha value is -2.30. The van der Waals surface area contributed by atoms with Gasteiger partial charge in [-0.05, 0) is 31.9 Å². The number of piperidine rings is 1. The van der Waals surface area contributed by atoms with E-state index in [9.17, 15) is 9.90 Å². The molecular weight excluding hydrogens is 266 g/mol. The molecule has 21 heavy (non-hydrogen) atoms. The number of anilines is 2. The van der Waals surface area contributed by atoms with Crippen molar-refractivity contribution in [3.05, 3.63) is 30.0 Å². The van der Waals surface area contributed by atoms with Gasteiger partial charge in [0.2, 0.25) is 0 Å². The van der Waals surface area contributed by atoms with Crippen LogP contribution >= 0.6 is 0 Å². The van der Waals surface area contributed by atoms with Gasteiger partial charge in [0.25, 0.3) is 0 Å². The Morgan fingerprint density at radius 3 is 3.00 bits per heavy atom. The summed E-state index contributed by atoms with van der Waals surface area (Å²) in [5.74, 6) is -0.198. The van der Waals surface area contributed by atoms with E-state index in [0.29, 0.717) is 6.54 Å². The fraction of sp³-hybridized carbons (Fsp3) is 0.375. The van der Waals surface area contributed by atoms with Gasteiger partial charge in [-0.25, -0.2) is 4.98 Å². The number of hydrogen-bond acceptors (Lipinski definition) is 4. The number of benzene rings is 1. The maximum Gasteiger partial charge on any atom is 0.308 e. The molecule has 0 bridgehead atoms. The zero-order valence-electron chi connectivity index (χ0n) is 12.0. The largest absolute Gasteiger partial charge is 0.481 e. The zero-order chi connectivity index (χ0) is 15.0. The molecule has 1 aliphatic rings. The van der Waals surface area contributed by atoms with E-state index in [-0.39, 0.29) is 5.92 Å². The number of fused-ring (bicyclic) bond motifs is 1. The second-order valence-electron chi connectivity index (χ2n) is 5.65. The highest BCUT2D eigenvalue weighted by atomic mass is 16.4. The summed E-state index contributed by atoms with van der Waals surface area (Å²) in [5, 5.41) is 11.2. The number of hydrogen-bond donors (Lipinski definition) is 2. The van der Waals surface area contributed by atoms with Crippen LogP contribution in [0.1, 0.15) is 18.5 Å². The van der Waals surface area contributed by atoms with Crippen molar-refractivity contribution in [3.8, 4) is 0 Å². The number of aryl methyl sites for hydroxylation is 1. The molecule has 2 heterocycles. The molecule has 0 amide bonds. The van der Waals surface area contributed by atoms with Crippen molar-refractivity contribution in [3.63, 3.8) is 0 Å². The minimum absolute atomic E-state index is 0.322. The van der Waals surface area contributed by atoms with Crippen molar-refractivity contribution in [2.45, 2.75) is 19.8 Å². The molecule has 0 aliphatic carbocycles.